The van der Waals surface area contributed by atoms with Crippen molar-refractivity contribution in [1.82, 2.24) is 4.90 Å². The highest BCUT2D eigenvalue weighted by Crippen LogP contribution is 2.34. The summed E-state index contributed by atoms with van der Waals surface area (Å²) in [6.07, 6.45) is 5.00. The maximum absolute atomic E-state index is 13.1. The third-order valence-electron chi connectivity index (χ3n) is 5.86. The molecule has 1 N–H and O–H groups in total. The van der Waals surface area contributed by atoms with Gasteiger partial charge in [-0.05, 0) is 68.8 Å². The van der Waals surface area contributed by atoms with E-state index in [0.717, 1.165) is 38.8 Å². The maximum Gasteiger partial charge on any atom is 0.335 e. The topological polar surface area (TPSA) is 49.8 Å². The van der Waals surface area contributed by atoms with Crippen molar-refractivity contribution in [1.29, 1.82) is 0 Å². The van der Waals surface area contributed by atoms with E-state index in [-0.39, 0.29) is 5.82 Å². The first-order valence-electron chi connectivity index (χ1n) is 9.41. The highest BCUT2D eigenvalue weighted by molar-refractivity contribution is 5.77. The van der Waals surface area contributed by atoms with Crippen molar-refractivity contribution in [2.24, 2.45) is 0 Å². The van der Waals surface area contributed by atoms with Gasteiger partial charge in [0, 0.05) is 6.04 Å². The molecule has 2 saturated heterocycles. The smallest absolute Gasteiger partial charge is 0.335 e. The lowest BCUT2D eigenvalue weighted by molar-refractivity contribution is -0.179. The Morgan fingerprint density at radius 3 is 2.48 bits per heavy atom. The molecule has 0 saturated carbocycles. The molecule has 1 aromatic rings. The molecule has 0 aliphatic carbocycles. The molecule has 2 aliphatic rings. The molecule has 0 spiro atoms. The lowest BCUT2D eigenvalue weighted by atomic mass is 9.85. The van der Waals surface area contributed by atoms with Crippen LogP contribution in [0.15, 0.2) is 24.3 Å². The molecule has 2 aliphatic heterocycles. The van der Waals surface area contributed by atoms with Gasteiger partial charge in [-0.3, -0.25) is 4.90 Å². The zero-order valence-corrected chi connectivity index (χ0v) is 14.9. The summed E-state index contributed by atoms with van der Waals surface area (Å²) in [7, 11) is 0. The lowest BCUT2D eigenvalue weighted by Crippen LogP contribution is -2.53. The van der Waals surface area contributed by atoms with Gasteiger partial charge in [0.2, 0.25) is 0 Å². The summed E-state index contributed by atoms with van der Waals surface area (Å²) in [6, 6.07) is 7.18. The molecule has 2 fully saturated rings. The van der Waals surface area contributed by atoms with Gasteiger partial charge < -0.3 is 9.84 Å². The number of carboxylic acids is 1. The van der Waals surface area contributed by atoms with E-state index in [9.17, 15) is 14.3 Å². The zero-order chi connectivity index (χ0) is 17.9. The first kappa shape index (κ1) is 18.3. The molecular weight excluding hydrogens is 321 g/mol. The van der Waals surface area contributed by atoms with Gasteiger partial charge in [-0.25, -0.2) is 9.18 Å². The van der Waals surface area contributed by atoms with Crippen LogP contribution in [0.5, 0.6) is 0 Å². The van der Waals surface area contributed by atoms with Crippen molar-refractivity contribution in [3.05, 3.63) is 35.6 Å². The average Bonchev–Trinajstić information content (AvgIpc) is 2.63. The second-order valence-corrected chi connectivity index (χ2v) is 7.41. The lowest BCUT2D eigenvalue weighted by Gasteiger charge is -2.43. The summed E-state index contributed by atoms with van der Waals surface area (Å²) >= 11 is 0. The predicted molar refractivity (Wildman–Crippen MR) is 94.2 cm³/mol. The van der Waals surface area contributed by atoms with Crippen LogP contribution < -0.4 is 0 Å². The zero-order valence-electron chi connectivity index (χ0n) is 14.9. The Bertz CT molecular complexity index is 573. The first-order chi connectivity index (χ1) is 12.0. The van der Waals surface area contributed by atoms with Gasteiger partial charge in [0.25, 0.3) is 0 Å². The first-order valence-corrected chi connectivity index (χ1v) is 9.41. The second kappa shape index (κ2) is 7.83. The summed E-state index contributed by atoms with van der Waals surface area (Å²) in [4.78, 5) is 14.0. The number of rotatable bonds is 5. The summed E-state index contributed by atoms with van der Waals surface area (Å²) in [5, 5.41) is 9.53. The molecule has 0 amide bonds. The fourth-order valence-corrected chi connectivity index (χ4v) is 4.31. The van der Waals surface area contributed by atoms with Gasteiger partial charge in [0.1, 0.15) is 5.82 Å². The minimum absolute atomic E-state index is 0.186. The number of hydrogen-bond donors (Lipinski definition) is 1. The fourth-order valence-electron chi connectivity index (χ4n) is 4.31. The minimum Gasteiger partial charge on any atom is -0.479 e. The van der Waals surface area contributed by atoms with E-state index in [1.165, 1.54) is 17.7 Å². The molecule has 3 rings (SSSR count). The van der Waals surface area contributed by atoms with Crippen molar-refractivity contribution in [3.8, 4) is 0 Å². The standard InChI is InChI=1S/C20H28FNO3/c1-2-10-20(19(23)24)11-7-18(14-25-20)22-12-8-16(9-13-22)15-3-5-17(21)6-4-15/h3-6,16,18H,2,7-14H2,1H3,(H,23,24)/t18-,20-/m1/s1. The molecule has 2 heterocycles. The normalized spacial score (nSPS) is 28.8. The van der Waals surface area contributed by atoms with Crippen LogP contribution in [-0.4, -0.2) is 47.3 Å². The van der Waals surface area contributed by atoms with Crippen LogP contribution >= 0.6 is 0 Å². The highest BCUT2D eigenvalue weighted by atomic mass is 19.1. The fraction of sp³-hybridized carbons (Fsp3) is 0.650. The Labute approximate surface area is 149 Å². The van der Waals surface area contributed by atoms with Crippen LogP contribution in [0.2, 0.25) is 0 Å². The number of halogens is 1. The molecule has 2 atom stereocenters. The number of hydrogen-bond acceptors (Lipinski definition) is 3. The number of carboxylic acid groups (broad SMARTS) is 1. The molecule has 138 valence electrons. The average molecular weight is 349 g/mol. The van der Waals surface area contributed by atoms with Gasteiger partial charge in [0.15, 0.2) is 5.60 Å². The Morgan fingerprint density at radius 2 is 1.96 bits per heavy atom. The minimum atomic E-state index is -0.975. The number of likely N-dealkylation sites (tertiary alicyclic amines) is 1. The van der Waals surface area contributed by atoms with Crippen LogP contribution in [0.25, 0.3) is 0 Å². The Hall–Kier alpha value is -1.46. The molecule has 1 aromatic carbocycles. The van der Waals surface area contributed by atoms with Crippen LogP contribution in [0.3, 0.4) is 0 Å². The van der Waals surface area contributed by atoms with Gasteiger partial charge in [-0.2, -0.15) is 0 Å². The molecule has 0 bridgehead atoms. The number of ether oxygens (including phenoxy) is 1. The SMILES string of the molecule is CCC[C@]1(C(=O)O)CC[C@@H](N2CCC(c3ccc(F)cc3)CC2)CO1. The summed E-state index contributed by atoms with van der Waals surface area (Å²) < 4.78 is 18.9. The van der Waals surface area contributed by atoms with E-state index >= 15 is 0 Å². The van der Waals surface area contributed by atoms with Crippen molar-refractivity contribution < 1.29 is 19.0 Å². The molecular formula is C20H28FNO3. The van der Waals surface area contributed by atoms with E-state index in [4.69, 9.17) is 4.74 Å². The quantitative estimate of drug-likeness (QED) is 0.878. The molecule has 0 aromatic heterocycles. The number of aliphatic carboxylic acids is 1. The third-order valence-corrected chi connectivity index (χ3v) is 5.86. The largest absolute Gasteiger partial charge is 0.479 e. The molecule has 0 radical (unpaired) electrons. The summed E-state index contributed by atoms with van der Waals surface area (Å²) in [5.74, 6) is -0.517. The molecule has 0 unspecified atom stereocenters. The van der Waals surface area contributed by atoms with Crippen molar-refractivity contribution >= 4 is 5.97 Å². The monoisotopic (exact) mass is 349 g/mol. The van der Waals surface area contributed by atoms with Gasteiger partial charge in [-0.1, -0.05) is 25.5 Å². The number of carbonyl (C=O) groups is 1. The third kappa shape index (κ3) is 4.04. The van der Waals surface area contributed by atoms with Crippen LogP contribution in [0.4, 0.5) is 4.39 Å². The van der Waals surface area contributed by atoms with Gasteiger partial charge >= 0.3 is 5.97 Å². The molecule has 4 nitrogen and oxygen atoms in total. The predicted octanol–water partition coefficient (Wildman–Crippen LogP) is 3.81. The van der Waals surface area contributed by atoms with Gasteiger partial charge in [-0.15, -0.1) is 0 Å². The van der Waals surface area contributed by atoms with E-state index in [2.05, 4.69) is 4.90 Å². The van der Waals surface area contributed by atoms with E-state index in [1.807, 2.05) is 19.1 Å². The van der Waals surface area contributed by atoms with Crippen molar-refractivity contribution in [3.63, 3.8) is 0 Å². The molecule has 25 heavy (non-hydrogen) atoms. The Morgan fingerprint density at radius 1 is 1.28 bits per heavy atom. The second-order valence-electron chi connectivity index (χ2n) is 7.41. The van der Waals surface area contributed by atoms with E-state index in [1.54, 1.807) is 0 Å². The van der Waals surface area contributed by atoms with Crippen LogP contribution in [0.1, 0.15) is 56.9 Å². The van der Waals surface area contributed by atoms with E-state index in [0.29, 0.717) is 31.4 Å². The summed E-state index contributed by atoms with van der Waals surface area (Å²) in [5.41, 5.74) is 0.242. The van der Waals surface area contributed by atoms with Crippen molar-refractivity contribution in [2.45, 2.75) is 63.0 Å². The number of benzene rings is 1. The maximum atomic E-state index is 13.1. The highest BCUT2D eigenvalue weighted by Gasteiger charge is 2.43. The Kier molecular flexibility index (Phi) is 5.74. The summed E-state index contributed by atoms with van der Waals surface area (Å²) in [6.45, 7) is 4.49. The van der Waals surface area contributed by atoms with Crippen LogP contribution in [-0.2, 0) is 9.53 Å². The molecule has 5 heteroatoms. The number of piperidine rings is 1. The van der Waals surface area contributed by atoms with Crippen LogP contribution in [0, 0.1) is 5.82 Å². The van der Waals surface area contributed by atoms with E-state index < -0.39 is 11.6 Å². The number of nitrogens with zero attached hydrogens (tertiary/aromatic N) is 1. The van der Waals surface area contributed by atoms with Crippen molar-refractivity contribution in [2.75, 3.05) is 19.7 Å². The van der Waals surface area contributed by atoms with Gasteiger partial charge in [0.05, 0.1) is 6.61 Å². The Balaban J connectivity index is 1.52.